The Balaban J connectivity index is 0.000000496. The Labute approximate surface area is 207 Å². The third-order valence-corrected chi connectivity index (χ3v) is 5.31. The van der Waals surface area contributed by atoms with E-state index in [2.05, 4.69) is 26.3 Å². The number of H-pyrrole nitrogens is 1. The zero-order valence-electron chi connectivity index (χ0n) is 20.9. The van der Waals surface area contributed by atoms with Crippen LogP contribution in [0.4, 0.5) is 0 Å². The first-order chi connectivity index (χ1) is 16.2. The number of carbonyl (C=O) groups is 3. The summed E-state index contributed by atoms with van der Waals surface area (Å²) in [4.78, 5) is 47.5. The van der Waals surface area contributed by atoms with Crippen LogP contribution in [-0.4, -0.2) is 72.5 Å². The van der Waals surface area contributed by atoms with Crippen LogP contribution in [0.25, 0.3) is 0 Å². The van der Waals surface area contributed by atoms with Crippen LogP contribution in [0.5, 0.6) is 0 Å². The van der Waals surface area contributed by atoms with Crippen molar-refractivity contribution >= 4 is 41.2 Å². The van der Waals surface area contributed by atoms with Gasteiger partial charge >= 0.3 is 11.9 Å². The summed E-state index contributed by atoms with van der Waals surface area (Å²) < 4.78 is 12.9. The number of aromatic nitrogens is 6. The molecule has 0 saturated carbocycles. The number of nitrogens with one attached hydrogen (secondary N) is 1. The molecule has 0 radical (unpaired) electrons. The van der Waals surface area contributed by atoms with E-state index in [9.17, 15) is 14.4 Å². The van der Waals surface area contributed by atoms with Gasteiger partial charge in [-0.15, -0.1) is 6.20 Å². The molecule has 3 rings (SSSR count). The SMILES string of the molecule is CC(=O)c1cn[c-]n1C.CCOC(=O)c1cnc(SC)[nH]1.CCOC(=O)c1cnc(SC)n1C.[Rf]. The van der Waals surface area contributed by atoms with Crippen molar-refractivity contribution in [3.8, 4) is 0 Å². The molecule has 0 amide bonds. The minimum absolute atomic E-state index is 0. The third kappa shape index (κ3) is 9.37. The van der Waals surface area contributed by atoms with Crippen LogP contribution >= 0.6 is 23.5 Å². The molecule has 11 nitrogen and oxygen atoms in total. The Morgan fingerprint density at radius 3 is 2.00 bits per heavy atom. The minimum atomic E-state index is -0.356. The third-order valence-electron chi connectivity index (χ3n) is 3.97. The summed E-state index contributed by atoms with van der Waals surface area (Å²) in [5.41, 5.74) is 1.49. The molecule has 0 aliphatic rings. The van der Waals surface area contributed by atoms with Gasteiger partial charge in [0.2, 0.25) is 0 Å². The number of ketones is 1. The summed E-state index contributed by atoms with van der Waals surface area (Å²) in [6.45, 7) is 5.82. The van der Waals surface area contributed by atoms with Gasteiger partial charge in [-0.05, 0) is 40.3 Å². The molecule has 188 valence electrons. The summed E-state index contributed by atoms with van der Waals surface area (Å²) >= 11 is 2.95. The molecular formula is C21H29N6O5RfS2-. The molecule has 3 heterocycles. The topological polar surface area (TPSA) is 134 Å². The summed E-state index contributed by atoms with van der Waals surface area (Å²) in [6.07, 6.45) is 10.9. The quantitative estimate of drug-likeness (QED) is 0.165. The number of aryl methyl sites for hydroxylation is 1. The molecular weight excluding hydrogens is 747 g/mol. The number of hydrogen-bond acceptors (Lipinski definition) is 10. The zero-order valence-corrected chi connectivity index (χ0v) is 29.0. The maximum absolute atomic E-state index is 11.3. The fourth-order valence-corrected chi connectivity index (χ4v) is 3.24. The fourth-order valence-electron chi connectivity index (χ4n) is 2.34. The maximum atomic E-state index is 11.3. The second-order valence-corrected chi connectivity index (χ2v) is 7.86. The second kappa shape index (κ2) is 15.7. The Hall–Kier alpha value is -4.06. The summed E-state index contributed by atoms with van der Waals surface area (Å²) in [5.74, 6) is -0.658. The molecule has 0 aromatic carbocycles. The molecule has 14 heteroatoms. The Morgan fingerprint density at radius 2 is 1.60 bits per heavy atom. The standard InChI is InChI=1S/C8H12N2O2S.C7H10N2O2S.C6H7N2O.Rf/c1-4-12-7(11)6-5-9-8(13-3)10(6)2;1-3-11-6(10)5-4-8-7(9-5)12-2;1-5(9)6-3-7-4-8(6)2;/h5H,4H2,1-3H3;4H,3H2,1-2H3,(H,8,9);3H,1-2H3;/q;;-1;. The van der Waals surface area contributed by atoms with Crippen LogP contribution in [0.2, 0.25) is 0 Å². The number of imidazole rings is 3. The van der Waals surface area contributed by atoms with E-state index in [1.807, 2.05) is 12.5 Å². The van der Waals surface area contributed by atoms with Gasteiger partial charge < -0.3 is 33.4 Å². The maximum Gasteiger partial charge on any atom is 0.356 e. The van der Waals surface area contributed by atoms with Crippen molar-refractivity contribution in [3.63, 3.8) is 0 Å². The normalized spacial score (nSPS) is 9.57. The van der Waals surface area contributed by atoms with E-state index in [0.717, 1.165) is 10.3 Å². The van der Waals surface area contributed by atoms with Crippen molar-refractivity contribution in [1.82, 2.24) is 29.1 Å². The largest absolute Gasteiger partial charge is 0.461 e. The first-order valence-corrected chi connectivity index (χ1v) is 12.5. The number of carbonyl (C=O) groups excluding carboxylic acids is 3. The van der Waals surface area contributed by atoms with E-state index in [1.54, 1.807) is 37.1 Å². The van der Waals surface area contributed by atoms with Crippen LogP contribution in [0.15, 0.2) is 28.9 Å². The fraction of sp³-hybridized carbons (Fsp3) is 0.429. The number of rotatable bonds is 7. The van der Waals surface area contributed by atoms with Crippen molar-refractivity contribution in [2.24, 2.45) is 14.1 Å². The number of Topliss-reactive ketones (excluding diaryl/α,β-unsaturated/α-hetero) is 1. The van der Waals surface area contributed by atoms with Gasteiger partial charge in [0.15, 0.2) is 10.3 Å². The summed E-state index contributed by atoms with van der Waals surface area (Å²) in [5, 5.41) is 1.53. The van der Waals surface area contributed by atoms with E-state index in [1.165, 1.54) is 49.0 Å². The molecule has 1 N–H and O–H groups in total. The number of hydrogen-bond donors (Lipinski definition) is 1. The van der Waals surface area contributed by atoms with E-state index >= 15 is 0 Å². The molecule has 0 fully saturated rings. The summed E-state index contributed by atoms with van der Waals surface area (Å²) in [6, 6.07) is 0. The predicted octanol–water partition coefficient (Wildman–Crippen LogP) is 3.05. The molecule has 3 aromatic heterocycles. The molecule has 3 aromatic rings. The van der Waals surface area contributed by atoms with Gasteiger partial charge in [-0.25, -0.2) is 19.6 Å². The van der Waals surface area contributed by atoms with E-state index in [4.69, 9.17) is 9.47 Å². The van der Waals surface area contributed by atoms with Gasteiger partial charge in [0.25, 0.3) is 0 Å². The van der Waals surface area contributed by atoms with Gasteiger partial charge in [0.1, 0.15) is 17.2 Å². The average molecular weight is 777 g/mol. The molecule has 0 aliphatic carbocycles. The van der Waals surface area contributed by atoms with Crippen LogP contribution < -0.4 is 0 Å². The Bertz CT molecular complexity index is 1080. The second-order valence-electron chi connectivity index (χ2n) is 6.29. The molecule has 0 bridgehead atoms. The van der Waals surface area contributed by atoms with E-state index in [-0.39, 0.29) is 17.7 Å². The smallest absolute Gasteiger partial charge is 0.356 e. The molecule has 35 heavy (non-hydrogen) atoms. The van der Waals surface area contributed by atoms with Crippen molar-refractivity contribution in [1.29, 1.82) is 0 Å². The Morgan fingerprint density at radius 1 is 0.971 bits per heavy atom. The van der Waals surface area contributed by atoms with E-state index < -0.39 is 0 Å². The Kier molecular flexibility index (Phi) is 13.9. The number of ether oxygens (including phenoxy) is 2. The van der Waals surface area contributed by atoms with Crippen LogP contribution in [0.1, 0.15) is 52.2 Å². The van der Waals surface area contributed by atoms with Crippen molar-refractivity contribution in [3.05, 3.63) is 42.0 Å². The van der Waals surface area contributed by atoms with E-state index in [0.29, 0.717) is 30.3 Å². The van der Waals surface area contributed by atoms with Gasteiger partial charge in [-0.3, -0.25) is 0 Å². The van der Waals surface area contributed by atoms with Crippen LogP contribution in [0.3, 0.4) is 0 Å². The molecule has 0 atom stereocenters. The number of esters is 2. The first kappa shape index (κ1) is 30.9. The predicted molar refractivity (Wildman–Crippen MR) is 129 cm³/mol. The zero-order chi connectivity index (χ0) is 25.7. The summed E-state index contributed by atoms with van der Waals surface area (Å²) in [7, 11) is 3.54. The van der Waals surface area contributed by atoms with Gasteiger partial charge in [0, 0.05) is 13.4 Å². The van der Waals surface area contributed by atoms with Gasteiger partial charge in [-0.1, -0.05) is 29.2 Å². The number of thioether (sulfide) groups is 2. The van der Waals surface area contributed by atoms with Crippen LogP contribution in [-0.2, 0) is 23.6 Å². The molecule has 0 spiro atoms. The molecule has 0 unspecified atom stereocenters. The van der Waals surface area contributed by atoms with Crippen molar-refractivity contribution in [2.75, 3.05) is 25.7 Å². The molecule has 0 saturated heterocycles. The minimum Gasteiger partial charge on any atom is -0.461 e. The first-order valence-electron chi connectivity index (χ1n) is 10.1. The van der Waals surface area contributed by atoms with Crippen molar-refractivity contribution < 1.29 is 23.9 Å². The average Bonchev–Trinajstić information content (AvgIpc) is 3.54. The number of aromatic amines is 1. The monoisotopic (exact) mass is 776 g/mol. The van der Waals surface area contributed by atoms with Gasteiger partial charge in [-0.2, -0.15) is 0 Å². The van der Waals surface area contributed by atoms with Crippen molar-refractivity contribution in [2.45, 2.75) is 31.1 Å². The molecule has 0 aliphatic heterocycles. The van der Waals surface area contributed by atoms with Gasteiger partial charge in [0.05, 0.1) is 25.6 Å². The number of nitrogens with zero attached hydrogens (tertiary/aromatic N) is 5. The van der Waals surface area contributed by atoms with Crippen LogP contribution in [0, 0.1) is 6.33 Å².